The number of nitrogens with zero attached hydrogens (tertiary/aromatic N) is 1. The Kier molecular flexibility index (Phi) is 7.75. The predicted molar refractivity (Wildman–Crippen MR) is 73.6 cm³/mol. The number of amides is 1. The van der Waals surface area contributed by atoms with Crippen molar-refractivity contribution in [3.8, 4) is 0 Å². The Bertz CT molecular complexity index is 222. The summed E-state index contributed by atoms with van der Waals surface area (Å²) in [4.78, 5) is 14.0. The minimum absolute atomic E-state index is 0. The lowest BCUT2D eigenvalue weighted by molar-refractivity contribution is -0.126. The van der Waals surface area contributed by atoms with E-state index in [2.05, 4.69) is 43.2 Å². The minimum atomic E-state index is 0. The molecule has 0 aromatic rings. The summed E-state index contributed by atoms with van der Waals surface area (Å²) in [6.07, 6.45) is 0. The molecule has 1 aliphatic heterocycles. The standard InChI is InChI=1S/C12H25N3O.ClH/c1-9(2)15(10(3)4)6-5-14-12(16)11-7-13-8-11;/h9-11,13H,5-8H2,1-4H3,(H,14,16);1H. The van der Waals surface area contributed by atoms with Crippen molar-refractivity contribution in [3.63, 3.8) is 0 Å². The number of hydrogen-bond acceptors (Lipinski definition) is 3. The summed E-state index contributed by atoms with van der Waals surface area (Å²) in [5.74, 6) is 0.401. The van der Waals surface area contributed by atoms with Crippen molar-refractivity contribution in [1.29, 1.82) is 0 Å². The molecule has 1 heterocycles. The van der Waals surface area contributed by atoms with Gasteiger partial charge in [0, 0.05) is 38.3 Å². The van der Waals surface area contributed by atoms with E-state index in [1.807, 2.05) is 0 Å². The maximum Gasteiger partial charge on any atom is 0.225 e. The monoisotopic (exact) mass is 263 g/mol. The molecular weight excluding hydrogens is 238 g/mol. The summed E-state index contributed by atoms with van der Waals surface area (Å²) in [7, 11) is 0. The predicted octanol–water partition coefficient (Wildman–Crippen LogP) is 0.863. The molecule has 0 saturated carbocycles. The highest BCUT2D eigenvalue weighted by molar-refractivity contribution is 5.85. The molecule has 0 aromatic carbocycles. The minimum Gasteiger partial charge on any atom is -0.354 e. The molecule has 5 heteroatoms. The largest absolute Gasteiger partial charge is 0.354 e. The summed E-state index contributed by atoms with van der Waals surface area (Å²) < 4.78 is 0. The second-order valence-electron chi connectivity index (χ2n) is 5.07. The van der Waals surface area contributed by atoms with Gasteiger partial charge in [-0.25, -0.2) is 0 Å². The average Bonchev–Trinajstić information content (AvgIpc) is 2.07. The van der Waals surface area contributed by atoms with Crippen LogP contribution in [0.5, 0.6) is 0 Å². The number of carbonyl (C=O) groups is 1. The van der Waals surface area contributed by atoms with Crippen molar-refractivity contribution in [3.05, 3.63) is 0 Å². The van der Waals surface area contributed by atoms with E-state index in [1.165, 1.54) is 0 Å². The first kappa shape index (κ1) is 16.7. The molecule has 4 nitrogen and oxygen atoms in total. The lowest BCUT2D eigenvalue weighted by Gasteiger charge is -2.31. The van der Waals surface area contributed by atoms with Crippen LogP contribution in [0.25, 0.3) is 0 Å². The third-order valence-corrected chi connectivity index (χ3v) is 3.15. The van der Waals surface area contributed by atoms with Gasteiger partial charge in [-0.15, -0.1) is 12.4 Å². The van der Waals surface area contributed by atoms with Gasteiger partial charge in [-0.3, -0.25) is 9.69 Å². The van der Waals surface area contributed by atoms with Crippen LogP contribution in [0.1, 0.15) is 27.7 Å². The number of nitrogens with one attached hydrogen (secondary N) is 2. The molecule has 2 N–H and O–H groups in total. The normalized spacial score (nSPS) is 15.9. The van der Waals surface area contributed by atoms with Crippen LogP contribution in [-0.4, -0.2) is 49.1 Å². The first-order valence-corrected chi connectivity index (χ1v) is 6.26. The second-order valence-corrected chi connectivity index (χ2v) is 5.07. The van der Waals surface area contributed by atoms with E-state index in [0.29, 0.717) is 12.1 Å². The molecule has 102 valence electrons. The Morgan fingerprint density at radius 2 is 1.82 bits per heavy atom. The van der Waals surface area contributed by atoms with E-state index >= 15 is 0 Å². The van der Waals surface area contributed by atoms with Crippen LogP contribution in [0.15, 0.2) is 0 Å². The molecule has 1 saturated heterocycles. The topological polar surface area (TPSA) is 44.4 Å². The van der Waals surface area contributed by atoms with Gasteiger partial charge in [-0.05, 0) is 27.7 Å². The quantitative estimate of drug-likeness (QED) is 0.747. The van der Waals surface area contributed by atoms with E-state index in [1.54, 1.807) is 0 Å². The summed E-state index contributed by atoms with van der Waals surface area (Å²) >= 11 is 0. The number of halogens is 1. The van der Waals surface area contributed by atoms with Crippen LogP contribution in [0.3, 0.4) is 0 Å². The number of rotatable bonds is 6. The van der Waals surface area contributed by atoms with E-state index in [-0.39, 0.29) is 24.2 Å². The Labute approximate surface area is 111 Å². The maximum atomic E-state index is 11.6. The van der Waals surface area contributed by atoms with Crippen LogP contribution in [-0.2, 0) is 4.79 Å². The number of carbonyl (C=O) groups excluding carboxylic acids is 1. The van der Waals surface area contributed by atoms with Crippen LogP contribution in [0.2, 0.25) is 0 Å². The van der Waals surface area contributed by atoms with Gasteiger partial charge >= 0.3 is 0 Å². The number of hydrogen-bond donors (Lipinski definition) is 2. The van der Waals surface area contributed by atoms with Gasteiger partial charge in [0.15, 0.2) is 0 Å². The molecule has 0 atom stereocenters. The molecule has 0 bridgehead atoms. The summed E-state index contributed by atoms with van der Waals surface area (Å²) in [5.41, 5.74) is 0. The highest BCUT2D eigenvalue weighted by Crippen LogP contribution is 2.04. The van der Waals surface area contributed by atoms with Crippen LogP contribution in [0.4, 0.5) is 0 Å². The SMILES string of the molecule is CC(C)N(CCNC(=O)C1CNC1)C(C)C.Cl. The fraction of sp³-hybridized carbons (Fsp3) is 0.917. The molecule has 0 spiro atoms. The molecule has 1 amide bonds. The Hall–Kier alpha value is -0.320. The van der Waals surface area contributed by atoms with Gasteiger partial charge in [0.25, 0.3) is 0 Å². The van der Waals surface area contributed by atoms with Crippen molar-refractivity contribution in [1.82, 2.24) is 15.5 Å². The highest BCUT2D eigenvalue weighted by Gasteiger charge is 2.24. The molecule has 1 fully saturated rings. The molecule has 1 rings (SSSR count). The first-order valence-electron chi connectivity index (χ1n) is 6.26. The molecule has 0 aromatic heterocycles. The van der Waals surface area contributed by atoms with E-state index in [0.717, 1.165) is 26.2 Å². The van der Waals surface area contributed by atoms with Crippen LogP contribution < -0.4 is 10.6 Å². The summed E-state index contributed by atoms with van der Waals surface area (Å²) in [6.45, 7) is 12.1. The summed E-state index contributed by atoms with van der Waals surface area (Å²) in [6, 6.07) is 1.06. The van der Waals surface area contributed by atoms with Crippen molar-refractivity contribution >= 4 is 18.3 Å². The zero-order chi connectivity index (χ0) is 12.1. The van der Waals surface area contributed by atoms with Crippen molar-refractivity contribution in [2.45, 2.75) is 39.8 Å². The maximum absolute atomic E-state index is 11.6. The third-order valence-electron chi connectivity index (χ3n) is 3.15. The highest BCUT2D eigenvalue weighted by atomic mass is 35.5. The van der Waals surface area contributed by atoms with Crippen LogP contribution in [0, 0.1) is 5.92 Å². The van der Waals surface area contributed by atoms with Crippen molar-refractivity contribution in [2.75, 3.05) is 26.2 Å². The molecule has 0 unspecified atom stereocenters. The lowest BCUT2D eigenvalue weighted by atomic mass is 10.0. The van der Waals surface area contributed by atoms with Gasteiger partial charge < -0.3 is 10.6 Å². The van der Waals surface area contributed by atoms with Gasteiger partial charge in [-0.1, -0.05) is 0 Å². The Morgan fingerprint density at radius 3 is 2.18 bits per heavy atom. The van der Waals surface area contributed by atoms with E-state index in [4.69, 9.17) is 0 Å². The fourth-order valence-electron chi connectivity index (χ4n) is 2.04. The van der Waals surface area contributed by atoms with Gasteiger partial charge in [0.2, 0.25) is 5.91 Å². The zero-order valence-corrected chi connectivity index (χ0v) is 12.1. The van der Waals surface area contributed by atoms with Crippen molar-refractivity contribution in [2.24, 2.45) is 5.92 Å². The average molecular weight is 264 g/mol. The fourth-order valence-corrected chi connectivity index (χ4v) is 2.04. The van der Waals surface area contributed by atoms with Gasteiger partial charge in [0.05, 0.1) is 5.92 Å². The van der Waals surface area contributed by atoms with Gasteiger partial charge in [0.1, 0.15) is 0 Å². The molecule has 1 aliphatic rings. The van der Waals surface area contributed by atoms with E-state index < -0.39 is 0 Å². The zero-order valence-electron chi connectivity index (χ0n) is 11.3. The van der Waals surface area contributed by atoms with E-state index in [9.17, 15) is 4.79 Å². The molecule has 17 heavy (non-hydrogen) atoms. The van der Waals surface area contributed by atoms with Gasteiger partial charge in [-0.2, -0.15) is 0 Å². The summed E-state index contributed by atoms with van der Waals surface area (Å²) in [5, 5.41) is 6.11. The second kappa shape index (κ2) is 7.90. The Balaban J connectivity index is 0.00000256. The molecule has 0 radical (unpaired) electrons. The van der Waals surface area contributed by atoms with Crippen molar-refractivity contribution < 1.29 is 4.79 Å². The third kappa shape index (κ3) is 5.23. The molecule has 0 aliphatic carbocycles. The molecular formula is C12H26ClN3O. The smallest absolute Gasteiger partial charge is 0.225 e. The lowest BCUT2D eigenvalue weighted by Crippen LogP contribution is -2.52. The Morgan fingerprint density at radius 1 is 1.29 bits per heavy atom. The first-order chi connectivity index (χ1) is 7.52. The van der Waals surface area contributed by atoms with Crippen LogP contribution >= 0.6 is 12.4 Å².